The summed E-state index contributed by atoms with van der Waals surface area (Å²) in [5.41, 5.74) is 8.98. The summed E-state index contributed by atoms with van der Waals surface area (Å²) < 4.78 is 0. The average molecular weight is 260 g/mol. The smallest absolute Gasteiger partial charge is 0.246 e. The molecule has 2 N–H and O–H groups in total. The molecule has 1 amide bonds. The molecule has 2 rings (SSSR count). The normalized spacial score (nSPS) is 17.8. The van der Waals surface area contributed by atoms with Crippen LogP contribution in [0.5, 0.6) is 0 Å². The van der Waals surface area contributed by atoms with Crippen molar-refractivity contribution in [3.63, 3.8) is 0 Å². The van der Waals surface area contributed by atoms with E-state index in [4.69, 9.17) is 5.73 Å². The van der Waals surface area contributed by atoms with Crippen LogP contribution < -0.4 is 10.6 Å². The van der Waals surface area contributed by atoms with Gasteiger partial charge in [0.1, 0.15) is 0 Å². The maximum Gasteiger partial charge on any atom is 0.246 e. The minimum absolute atomic E-state index is 0.0598. The van der Waals surface area contributed by atoms with Gasteiger partial charge >= 0.3 is 0 Å². The summed E-state index contributed by atoms with van der Waals surface area (Å²) in [6.07, 6.45) is 3.72. The van der Waals surface area contributed by atoms with Gasteiger partial charge in [0, 0.05) is 12.2 Å². The number of amides is 1. The highest BCUT2D eigenvalue weighted by molar-refractivity contribution is 6.01. The molecule has 0 fully saturated rings. The minimum Gasteiger partial charge on any atom is -0.318 e. The summed E-state index contributed by atoms with van der Waals surface area (Å²) in [6.45, 7) is 6.77. The summed E-state index contributed by atoms with van der Waals surface area (Å²) in [6, 6.07) is 6.25. The lowest BCUT2D eigenvalue weighted by Gasteiger charge is -2.36. The molecule has 0 saturated carbocycles. The fraction of sp³-hybridized carbons (Fsp3) is 0.562. The maximum atomic E-state index is 12.7. The quantitative estimate of drug-likeness (QED) is 0.908. The molecule has 1 atom stereocenters. The first-order chi connectivity index (χ1) is 8.97. The molecule has 1 aliphatic heterocycles. The second kappa shape index (κ2) is 5.33. The zero-order valence-electron chi connectivity index (χ0n) is 12.2. The number of anilines is 1. The molecule has 3 nitrogen and oxygen atoms in total. The highest BCUT2D eigenvalue weighted by Crippen LogP contribution is 2.32. The van der Waals surface area contributed by atoms with Gasteiger partial charge in [0.2, 0.25) is 5.91 Å². The fourth-order valence-electron chi connectivity index (χ4n) is 2.98. The van der Waals surface area contributed by atoms with E-state index in [1.54, 1.807) is 0 Å². The van der Waals surface area contributed by atoms with Gasteiger partial charge in [-0.3, -0.25) is 4.79 Å². The molecular weight excluding hydrogens is 236 g/mol. The van der Waals surface area contributed by atoms with Crippen molar-refractivity contribution in [2.24, 2.45) is 5.73 Å². The summed E-state index contributed by atoms with van der Waals surface area (Å²) in [5, 5.41) is 0. The van der Waals surface area contributed by atoms with Crippen molar-refractivity contribution in [1.82, 2.24) is 0 Å². The Labute approximate surface area is 115 Å². The SMILES string of the molecule is CCCC(C)(N)C(=O)N1CCCc2cccc(C)c21. The lowest BCUT2D eigenvalue weighted by atomic mass is 9.92. The van der Waals surface area contributed by atoms with Crippen LogP contribution in [0.2, 0.25) is 0 Å². The van der Waals surface area contributed by atoms with Gasteiger partial charge in [-0.25, -0.2) is 0 Å². The number of aryl methyl sites for hydroxylation is 2. The average Bonchev–Trinajstić information content (AvgIpc) is 2.37. The van der Waals surface area contributed by atoms with Crippen LogP contribution in [0.3, 0.4) is 0 Å². The van der Waals surface area contributed by atoms with Crippen molar-refractivity contribution in [2.45, 2.75) is 52.0 Å². The summed E-state index contributed by atoms with van der Waals surface area (Å²) >= 11 is 0. The molecule has 104 valence electrons. The van der Waals surface area contributed by atoms with Gasteiger partial charge < -0.3 is 10.6 Å². The Bertz CT molecular complexity index is 480. The standard InChI is InChI=1S/C16H24N2O/c1-4-10-16(3,17)15(19)18-11-6-9-13-8-5-7-12(2)14(13)18/h5,7-8H,4,6,9-11,17H2,1-3H3. The van der Waals surface area contributed by atoms with Crippen molar-refractivity contribution >= 4 is 11.6 Å². The Morgan fingerprint density at radius 2 is 2.21 bits per heavy atom. The van der Waals surface area contributed by atoms with Crippen molar-refractivity contribution in [3.05, 3.63) is 29.3 Å². The third-order valence-electron chi connectivity index (χ3n) is 3.92. The lowest BCUT2D eigenvalue weighted by molar-refractivity contribution is -0.123. The van der Waals surface area contributed by atoms with E-state index in [-0.39, 0.29) is 5.91 Å². The highest BCUT2D eigenvalue weighted by atomic mass is 16.2. The number of nitrogens with zero attached hydrogens (tertiary/aromatic N) is 1. The third kappa shape index (κ3) is 2.66. The fourth-order valence-corrected chi connectivity index (χ4v) is 2.98. The molecule has 1 aromatic carbocycles. The van der Waals surface area contributed by atoms with Crippen LogP contribution in [0.15, 0.2) is 18.2 Å². The van der Waals surface area contributed by atoms with E-state index in [1.165, 1.54) is 5.56 Å². The number of carbonyl (C=O) groups is 1. The van der Waals surface area contributed by atoms with E-state index in [0.29, 0.717) is 0 Å². The van der Waals surface area contributed by atoms with Crippen LogP contribution in [0, 0.1) is 6.92 Å². The molecule has 1 unspecified atom stereocenters. The van der Waals surface area contributed by atoms with E-state index < -0.39 is 5.54 Å². The monoisotopic (exact) mass is 260 g/mol. The summed E-state index contributed by atoms with van der Waals surface area (Å²) in [7, 11) is 0. The van der Waals surface area contributed by atoms with Gasteiger partial charge in [0.25, 0.3) is 0 Å². The van der Waals surface area contributed by atoms with Gasteiger partial charge in [-0.1, -0.05) is 31.5 Å². The number of hydrogen-bond acceptors (Lipinski definition) is 2. The topological polar surface area (TPSA) is 46.3 Å². The molecule has 0 radical (unpaired) electrons. The number of benzene rings is 1. The highest BCUT2D eigenvalue weighted by Gasteiger charge is 2.34. The van der Waals surface area contributed by atoms with E-state index >= 15 is 0 Å². The van der Waals surface area contributed by atoms with Gasteiger partial charge in [0.15, 0.2) is 0 Å². The van der Waals surface area contributed by atoms with Crippen LogP contribution in [-0.4, -0.2) is 18.0 Å². The molecule has 0 spiro atoms. The molecule has 1 heterocycles. The first-order valence-corrected chi connectivity index (χ1v) is 7.16. The van der Waals surface area contributed by atoms with E-state index in [2.05, 4.69) is 32.0 Å². The van der Waals surface area contributed by atoms with E-state index in [1.807, 2.05) is 11.8 Å². The predicted octanol–water partition coefficient (Wildman–Crippen LogP) is 2.79. The molecule has 0 bridgehead atoms. The number of carbonyl (C=O) groups excluding carboxylic acids is 1. The van der Waals surface area contributed by atoms with Gasteiger partial charge in [-0.05, 0) is 44.2 Å². The number of rotatable bonds is 3. The Hall–Kier alpha value is -1.35. The number of para-hydroxylation sites is 1. The van der Waals surface area contributed by atoms with Gasteiger partial charge in [-0.2, -0.15) is 0 Å². The molecular formula is C16H24N2O. The Morgan fingerprint density at radius 1 is 1.47 bits per heavy atom. The predicted molar refractivity (Wildman–Crippen MR) is 79.4 cm³/mol. The molecule has 1 aliphatic rings. The van der Waals surface area contributed by atoms with Crippen molar-refractivity contribution in [2.75, 3.05) is 11.4 Å². The molecule has 0 aliphatic carbocycles. The first kappa shape index (κ1) is 14.1. The molecule has 1 aromatic rings. The van der Waals surface area contributed by atoms with Crippen molar-refractivity contribution in [3.8, 4) is 0 Å². The van der Waals surface area contributed by atoms with Crippen LogP contribution in [0.4, 0.5) is 5.69 Å². The molecule has 0 aromatic heterocycles. The second-order valence-electron chi connectivity index (χ2n) is 5.81. The van der Waals surface area contributed by atoms with Gasteiger partial charge in [-0.15, -0.1) is 0 Å². The minimum atomic E-state index is -0.758. The Balaban J connectivity index is 2.36. The van der Waals surface area contributed by atoms with Crippen molar-refractivity contribution < 1.29 is 4.79 Å². The lowest BCUT2D eigenvalue weighted by Crippen LogP contribution is -2.54. The van der Waals surface area contributed by atoms with Crippen molar-refractivity contribution in [1.29, 1.82) is 0 Å². The molecule has 19 heavy (non-hydrogen) atoms. The van der Waals surface area contributed by atoms with E-state index in [9.17, 15) is 4.79 Å². The Kier molecular flexibility index (Phi) is 3.95. The molecule has 0 saturated heterocycles. The zero-order valence-corrected chi connectivity index (χ0v) is 12.2. The summed E-state index contributed by atoms with van der Waals surface area (Å²) in [5.74, 6) is 0.0598. The first-order valence-electron chi connectivity index (χ1n) is 7.16. The summed E-state index contributed by atoms with van der Waals surface area (Å²) in [4.78, 5) is 14.6. The zero-order chi connectivity index (χ0) is 14.0. The third-order valence-corrected chi connectivity index (χ3v) is 3.92. The van der Waals surface area contributed by atoms with E-state index in [0.717, 1.165) is 43.5 Å². The van der Waals surface area contributed by atoms with Crippen LogP contribution in [0.25, 0.3) is 0 Å². The largest absolute Gasteiger partial charge is 0.318 e. The number of fused-ring (bicyclic) bond motifs is 1. The Morgan fingerprint density at radius 3 is 2.89 bits per heavy atom. The molecule has 3 heteroatoms. The second-order valence-corrected chi connectivity index (χ2v) is 5.81. The van der Waals surface area contributed by atoms with Crippen LogP contribution in [0.1, 0.15) is 44.2 Å². The van der Waals surface area contributed by atoms with Crippen LogP contribution >= 0.6 is 0 Å². The number of hydrogen-bond donors (Lipinski definition) is 1. The number of nitrogens with two attached hydrogens (primary N) is 1. The van der Waals surface area contributed by atoms with Gasteiger partial charge in [0.05, 0.1) is 5.54 Å². The maximum absolute atomic E-state index is 12.7. The van der Waals surface area contributed by atoms with Crippen LogP contribution in [-0.2, 0) is 11.2 Å².